The van der Waals surface area contributed by atoms with E-state index in [0.717, 1.165) is 65.9 Å². The summed E-state index contributed by atoms with van der Waals surface area (Å²) < 4.78 is 1.77. The molecule has 1 aliphatic heterocycles. The van der Waals surface area contributed by atoms with Crippen LogP contribution in [0.25, 0.3) is 10.8 Å². The number of aromatic nitrogens is 2. The van der Waals surface area contributed by atoms with Crippen molar-refractivity contribution in [3.05, 3.63) is 75.2 Å². The standard InChI is InChI=1S/C23H26ClN3O.ClH/c1-2-26-14-5-6-19(13-15-26)27-23(28)21-8-4-3-7-20(21)22(25-27)16-17-9-11-18(24)12-10-17;/h3-4,7-12,19H,2,5-6,13-16H2,1H3;1H. The zero-order valence-electron chi connectivity index (χ0n) is 16.7. The van der Waals surface area contributed by atoms with Gasteiger partial charge >= 0.3 is 0 Å². The molecule has 29 heavy (non-hydrogen) atoms. The minimum atomic E-state index is 0. The first-order chi connectivity index (χ1) is 13.7. The first-order valence-corrected chi connectivity index (χ1v) is 10.5. The van der Waals surface area contributed by atoms with Crippen LogP contribution in [0.5, 0.6) is 0 Å². The molecule has 1 aliphatic rings. The van der Waals surface area contributed by atoms with E-state index in [1.165, 1.54) is 0 Å². The Morgan fingerprint density at radius 3 is 2.48 bits per heavy atom. The van der Waals surface area contributed by atoms with Crippen molar-refractivity contribution in [2.75, 3.05) is 19.6 Å². The SMILES string of the molecule is CCN1CCCC(n2nc(Cc3ccc(Cl)cc3)c3ccccc3c2=O)CC1.Cl. The Morgan fingerprint density at radius 1 is 1.03 bits per heavy atom. The molecule has 1 aromatic heterocycles. The molecule has 2 heterocycles. The predicted octanol–water partition coefficient (Wildman–Crippen LogP) is 5.11. The van der Waals surface area contributed by atoms with Crippen molar-refractivity contribution in [1.82, 2.24) is 14.7 Å². The fourth-order valence-electron chi connectivity index (χ4n) is 4.15. The summed E-state index contributed by atoms with van der Waals surface area (Å²) in [5, 5.41) is 7.32. The van der Waals surface area contributed by atoms with E-state index in [4.69, 9.17) is 16.7 Å². The van der Waals surface area contributed by atoms with Crippen LogP contribution < -0.4 is 5.56 Å². The zero-order chi connectivity index (χ0) is 19.5. The van der Waals surface area contributed by atoms with Crippen LogP contribution in [-0.4, -0.2) is 34.3 Å². The monoisotopic (exact) mass is 431 g/mol. The highest BCUT2D eigenvalue weighted by atomic mass is 35.5. The number of nitrogens with zero attached hydrogens (tertiary/aromatic N) is 3. The van der Waals surface area contributed by atoms with Crippen molar-refractivity contribution >= 4 is 34.8 Å². The van der Waals surface area contributed by atoms with Gasteiger partial charge in [-0.25, -0.2) is 4.68 Å². The Hall–Kier alpha value is -1.88. The first kappa shape index (κ1) is 21.8. The van der Waals surface area contributed by atoms with Crippen LogP contribution >= 0.6 is 24.0 Å². The number of likely N-dealkylation sites (tertiary alicyclic amines) is 1. The lowest BCUT2D eigenvalue weighted by atomic mass is 10.0. The van der Waals surface area contributed by atoms with Crippen molar-refractivity contribution in [1.29, 1.82) is 0 Å². The summed E-state index contributed by atoms with van der Waals surface area (Å²) in [6, 6.07) is 15.9. The average Bonchev–Trinajstić information content (AvgIpc) is 2.97. The lowest BCUT2D eigenvalue weighted by Crippen LogP contribution is -2.30. The highest BCUT2D eigenvalue weighted by Crippen LogP contribution is 2.24. The second-order valence-electron chi connectivity index (χ2n) is 7.56. The van der Waals surface area contributed by atoms with Crippen molar-refractivity contribution in [3.8, 4) is 0 Å². The van der Waals surface area contributed by atoms with Gasteiger partial charge in [0, 0.05) is 23.4 Å². The van der Waals surface area contributed by atoms with E-state index in [1.54, 1.807) is 4.68 Å². The van der Waals surface area contributed by atoms with Crippen molar-refractivity contribution < 1.29 is 0 Å². The second kappa shape index (κ2) is 9.75. The lowest BCUT2D eigenvalue weighted by molar-refractivity contribution is 0.292. The normalized spacial score (nSPS) is 17.7. The molecule has 0 spiro atoms. The lowest BCUT2D eigenvalue weighted by Gasteiger charge is -2.20. The highest BCUT2D eigenvalue weighted by Gasteiger charge is 2.21. The Labute approximate surface area is 182 Å². The van der Waals surface area contributed by atoms with Crippen LogP contribution in [0, 0.1) is 0 Å². The molecule has 4 nitrogen and oxygen atoms in total. The van der Waals surface area contributed by atoms with Gasteiger partial charge in [0.2, 0.25) is 0 Å². The molecule has 0 N–H and O–H groups in total. The topological polar surface area (TPSA) is 38.1 Å². The van der Waals surface area contributed by atoms with Gasteiger partial charge in [0.15, 0.2) is 0 Å². The van der Waals surface area contributed by atoms with E-state index in [2.05, 4.69) is 11.8 Å². The van der Waals surface area contributed by atoms with E-state index in [0.29, 0.717) is 6.42 Å². The zero-order valence-corrected chi connectivity index (χ0v) is 18.3. The van der Waals surface area contributed by atoms with Gasteiger partial charge in [0.05, 0.1) is 17.1 Å². The van der Waals surface area contributed by atoms with Crippen LogP contribution in [-0.2, 0) is 6.42 Å². The van der Waals surface area contributed by atoms with E-state index >= 15 is 0 Å². The molecule has 154 valence electrons. The van der Waals surface area contributed by atoms with E-state index < -0.39 is 0 Å². The first-order valence-electron chi connectivity index (χ1n) is 10.1. The Kier molecular flexibility index (Phi) is 7.33. The quantitative estimate of drug-likeness (QED) is 0.575. The number of hydrogen-bond acceptors (Lipinski definition) is 3. The summed E-state index contributed by atoms with van der Waals surface area (Å²) in [5.41, 5.74) is 2.13. The van der Waals surface area contributed by atoms with Gasteiger partial charge in [-0.05, 0) is 56.1 Å². The van der Waals surface area contributed by atoms with Crippen molar-refractivity contribution in [2.45, 2.75) is 38.6 Å². The summed E-state index contributed by atoms with van der Waals surface area (Å²) in [6.07, 6.45) is 3.76. The van der Waals surface area contributed by atoms with E-state index in [1.807, 2.05) is 48.5 Å². The van der Waals surface area contributed by atoms with Gasteiger partial charge in [0.1, 0.15) is 0 Å². The fraction of sp³-hybridized carbons (Fsp3) is 0.391. The Bertz CT molecular complexity index is 1020. The molecule has 0 bridgehead atoms. The molecule has 1 saturated heterocycles. The van der Waals surface area contributed by atoms with Crippen molar-refractivity contribution in [3.63, 3.8) is 0 Å². The largest absolute Gasteiger partial charge is 0.304 e. The number of hydrogen-bond donors (Lipinski definition) is 0. The Balaban J connectivity index is 0.00000240. The molecular formula is C23H27Cl2N3O. The molecule has 0 saturated carbocycles. The molecule has 6 heteroatoms. The summed E-state index contributed by atoms with van der Waals surface area (Å²) in [7, 11) is 0. The van der Waals surface area contributed by atoms with Gasteiger partial charge in [0.25, 0.3) is 5.56 Å². The minimum absolute atomic E-state index is 0. The molecule has 0 aliphatic carbocycles. The molecule has 3 aromatic rings. The summed E-state index contributed by atoms with van der Waals surface area (Å²) in [4.78, 5) is 15.7. The van der Waals surface area contributed by atoms with Gasteiger partial charge in [-0.1, -0.05) is 48.9 Å². The van der Waals surface area contributed by atoms with Crippen LogP contribution in [0.2, 0.25) is 5.02 Å². The second-order valence-corrected chi connectivity index (χ2v) is 8.00. The summed E-state index contributed by atoms with van der Waals surface area (Å²) in [6.45, 7) is 5.39. The summed E-state index contributed by atoms with van der Waals surface area (Å²) >= 11 is 6.03. The van der Waals surface area contributed by atoms with E-state index in [-0.39, 0.29) is 24.0 Å². The maximum atomic E-state index is 13.2. The van der Waals surface area contributed by atoms with E-state index in [9.17, 15) is 4.79 Å². The van der Waals surface area contributed by atoms with Crippen LogP contribution in [0.4, 0.5) is 0 Å². The van der Waals surface area contributed by atoms with Gasteiger partial charge in [-0.3, -0.25) is 4.79 Å². The van der Waals surface area contributed by atoms with Crippen molar-refractivity contribution in [2.24, 2.45) is 0 Å². The molecule has 4 rings (SSSR count). The van der Waals surface area contributed by atoms with Crippen LogP contribution in [0.15, 0.2) is 53.3 Å². The number of fused-ring (bicyclic) bond motifs is 1. The summed E-state index contributed by atoms with van der Waals surface area (Å²) in [5.74, 6) is 0. The molecule has 0 amide bonds. The molecule has 2 aromatic carbocycles. The molecule has 1 unspecified atom stereocenters. The highest BCUT2D eigenvalue weighted by molar-refractivity contribution is 6.30. The number of rotatable bonds is 4. The molecule has 0 radical (unpaired) electrons. The third-order valence-electron chi connectivity index (χ3n) is 5.77. The molecular weight excluding hydrogens is 405 g/mol. The number of benzene rings is 2. The third kappa shape index (κ3) is 4.82. The minimum Gasteiger partial charge on any atom is -0.304 e. The smallest absolute Gasteiger partial charge is 0.274 e. The maximum absolute atomic E-state index is 13.2. The molecule has 1 fully saturated rings. The van der Waals surface area contributed by atoms with Gasteiger partial charge in [-0.15, -0.1) is 12.4 Å². The van der Waals surface area contributed by atoms with Gasteiger partial charge in [-0.2, -0.15) is 5.10 Å². The van der Waals surface area contributed by atoms with Crippen LogP contribution in [0.1, 0.15) is 43.5 Å². The number of halogens is 2. The van der Waals surface area contributed by atoms with Crippen LogP contribution in [0.3, 0.4) is 0 Å². The maximum Gasteiger partial charge on any atom is 0.274 e. The third-order valence-corrected chi connectivity index (χ3v) is 6.03. The fourth-order valence-corrected chi connectivity index (χ4v) is 4.27. The predicted molar refractivity (Wildman–Crippen MR) is 123 cm³/mol. The molecule has 1 atom stereocenters. The Morgan fingerprint density at radius 2 is 1.76 bits per heavy atom. The van der Waals surface area contributed by atoms with Gasteiger partial charge < -0.3 is 4.90 Å². The average molecular weight is 432 g/mol.